The molecule has 0 unspecified atom stereocenters. The Kier molecular flexibility index (Phi) is 5.59. The molecule has 0 spiro atoms. The number of carbonyl (C=O) groups is 2. The summed E-state index contributed by atoms with van der Waals surface area (Å²) in [6, 6.07) is 0. The van der Waals surface area contributed by atoms with Crippen LogP contribution in [0.25, 0.3) is 0 Å². The standard InChI is InChI=1S/C9H14O4/c1-4-7(6-8(10)12-3)9(11)13-5-2/h6H,4-5H2,1-3H3. The van der Waals surface area contributed by atoms with Crippen LogP contribution in [0.5, 0.6) is 0 Å². The molecule has 0 aliphatic heterocycles. The Morgan fingerprint density at radius 3 is 2.31 bits per heavy atom. The van der Waals surface area contributed by atoms with E-state index in [4.69, 9.17) is 4.74 Å². The van der Waals surface area contributed by atoms with Crippen LogP contribution in [0, 0.1) is 0 Å². The van der Waals surface area contributed by atoms with Gasteiger partial charge in [-0.1, -0.05) is 6.92 Å². The number of methoxy groups -OCH3 is 1. The molecule has 4 nitrogen and oxygen atoms in total. The van der Waals surface area contributed by atoms with Crippen molar-refractivity contribution < 1.29 is 19.1 Å². The maximum atomic E-state index is 11.1. The summed E-state index contributed by atoms with van der Waals surface area (Å²) in [5, 5.41) is 0. The van der Waals surface area contributed by atoms with Gasteiger partial charge in [-0.05, 0) is 13.3 Å². The monoisotopic (exact) mass is 186 g/mol. The van der Waals surface area contributed by atoms with Crippen molar-refractivity contribution in [2.45, 2.75) is 20.3 Å². The zero-order valence-electron chi connectivity index (χ0n) is 8.12. The van der Waals surface area contributed by atoms with Gasteiger partial charge in [0.15, 0.2) is 0 Å². The Morgan fingerprint density at radius 2 is 1.92 bits per heavy atom. The van der Waals surface area contributed by atoms with Crippen LogP contribution in [-0.2, 0) is 19.1 Å². The predicted molar refractivity (Wildman–Crippen MR) is 47.0 cm³/mol. The molecular weight excluding hydrogens is 172 g/mol. The summed E-state index contributed by atoms with van der Waals surface area (Å²) in [5.41, 5.74) is 0.328. The highest BCUT2D eigenvalue weighted by Gasteiger charge is 2.10. The third-order valence-electron chi connectivity index (χ3n) is 1.41. The van der Waals surface area contributed by atoms with Gasteiger partial charge in [-0.15, -0.1) is 0 Å². The molecule has 0 aromatic heterocycles. The van der Waals surface area contributed by atoms with Crippen LogP contribution in [0.15, 0.2) is 11.6 Å². The van der Waals surface area contributed by atoms with Gasteiger partial charge in [-0.3, -0.25) is 0 Å². The average Bonchev–Trinajstić information content (AvgIpc) is 2.14. The number of carbonyl (C=O) groups excluding carboxylic acids is 2. The first kappa shape index (κ1) is 11.7. The van der Waals surface area contributed by atoms with Gasteiger partial charge < -0.3 is 9.47 Å². The summed E-state index contributed by atoms with van der Waals surface area (Å²) in [7, 11) is 1.26. The van der Waals surface area contributed by atoms with Gasteiger partial charge in [-0.25, -0.2) is 9.59 Å². The summed E-state index contributed by atoms with van der Waals surface area (Å²) in [6.45, 7) is 3.78. The SMILES string of the molecule is CCOC(=O)C(=CC(=O)OC)CC. The highest BCUT2D eigenvalue weighted by atomic mass is 16.5. The van der Waals surface area contributed by atoms with E-state index >= 15 is 0 Å². The van der Waals surface area contributed by atoms with Crippen LogP contribution in [0.1, 0.15) is 20.3 Å². The Labute approximate surface area is 77.5 Å². The molecule has 0 fully saturated rings. The first-order chi connectivity index (χ1) is 6.15. The maximum absolute atomic E-state index is 11.1. The zero-order chi connectivity index (χ0) is 10.3. The van der Waals surface area contributed by atoms with Crippen molar-refractivity contribution in [3.63, 3.8) is 0 Å². The van der Waals surface area contributed by atoms with E-state index in [9.17, 15) is 9.59 Å². The molecule has 0 aliphatic carbocycles. The van der Waals surface area contributed by atoms with Gasteiger partial charge in [0, 0.05) is 11.6 Å². The lowest BCUT2D eigenvalue weighted by atomic mass is 10.2. The van der Waals surface area contributed by atoms with E-state index in [-0.39, 0.29) is 0 Å². The van der Waals surface area contributed by atoms with E-state index in [2.05, 4.69) is 4.74 Å². The molecule has 0 saturated carbocycles. The van der Waals surface area contributed by atoms with Gasteiger partial charge in [0.2, 0.25) is 0 Å². The fourth-order valence-corrected chi connectivity index (χ4v) is 0.730. The molecule has 0 rings (SSSR count). The molecule has 0 aromatic rings. The minimum absolute atomic E-state index is 0.303. The average molecular weight is 186 g/mol. The van der Waals surface area contributed by atoms with Crippen LogP contribution in [0.2, 0.25) is 0 Å². The molecule has 0 saturated heterocycles. The third kappa shape index (κ3) is 4.30. The first-order valence-corrected chi connectivity index (χ1v) is 4.11. The molecular formula is C9H14O4. The van der Waals surface area contributed by atoms with E-state index in [1.807, 2.05) is 0 Å². The summed E-state index contributed by atoms with van der Waals surface area (Å²) >= 11 is 0. The van der Waals surface area contributed by atoms with Crippen LogP contribution in [-0.4, -0.2) is 25.7 Å². The fourth-order valence-electron chi connectivity index (χ4n) is 0.730. The lowest BCUT2D eigenvalue weighted by Gasteiger charge is -2.02. The smallest absolute Gasteiger partial charge is 0.334 e. The molecule has 0 N–H and O–H groups in total. The minimum atomic E-state index is -0.537. The second kappa shape index (κ2) is 6.22. The van der Waals surface area contributed by atoms with Crippen LogP contribution < -0.4 is 0 Å². The van der Waals surface area contributed by atoms with Crippen LogP contribution in [0.4, 0.5) is 0 Å². The van der Waals surface area contributed by atoms with E-state index in [1.54, 1.807) is 13.8 Å². The van der Waals surface area contributed by atoms with Gasteiger partial charge >= 0.3 is 11.9 Å². The van der Waals surface area contributed by atoms with E-state index in [0.717, 1.165) is 6.08 Å². The van der Waals surface area contributed by atoms with E-state index in [0.29, 0.717) is 18.6 Å². The number of ether oxygens (including phenoxy) is 2. The summed E-state index contributed by atoms with van der Waals surface area (Å²) in [4.78, 5) is 21.9. The molecule has 0 aromatic carbocycles. The predicted octanol–water partition coefficient (Wildman–Crippen LogP) is 1.06. The Balaban J connectivity index is 4.40. The summed E-state index contributed by atoms with van der Waals surface area (Å²) in [5.74, 6) is -1.000. The molecule has 0 bridgehead atoms. The van der Waals surface area contributed by atoms with Crippen molar-refractivity contribution in [3.8, 4) is 0 Å². The van der Waals surface area contributed by atoms with Crippen molar-refractivity contribution in [2.75, 3.05) is 13.7 Å². The lowest BCUT2D eigenvalue weighted by molar-refractivity contribution is -0.140. The van der Waals surface area contributed by atoms with Gasteiger partial charge in [0.05, 0.1) is 13.7 Å². The Morgan fingerprint density at radius 1 is 1.31 bits per heavy atom. The van der Waals surface area contributed by atoms with Crippen molar-refractivity contribution in [3.05, 3.63) is 11.6 Å². The van der Waals surface area contributed by atoms with Gasteiger partial charge in [0.25, 0.3) is 0 Å². The largest absolute Gasteiger partial charge is 0.466 e. The maximum Gasteiger partial charge on any atom is 0.334 e. The second-order valence-electron chi connectivity index (χ2n) is 2.27. The van der Waals surface area contributed by atoms with Crippen molar-refractivity contribution in [1.29, 1.82) is 0 Å². The highest BCUT2D eigenvalue weighted by Crippen LogP contribution is 2.03. The van der Waals surface area contributed by atoms with Crippen molar-refractivity contribution >= 4 is 11.9 Å². The van der Waals surface area contributed by atoms with Crippen LogP contribution >= 0.6 is 0 Å². The normalized spacial score (nSPS) is 10.8. The lowest BCUT2D eigenvalue weighted by Crippen LogP contribution is -2.09. The number of hydrogen-bond acceptors (Lipinski definition) is 4. The molecule has 0 heterocycles. The van der Waals surface area contributed by atoms with Gasteiger partial charge in [0.1, 0.15) is 0 Å². The molecule has 0 atom stereocenters. The third-order valence-corrected chi connectivity index (χ3v) is 1.41. The topological polar surface area (TPSA) is 52.6 Å². The number of rotatable bonds is 4. The molecule has 4 heteroatoms. The van der Waals surface area contributed by atoms with Crippen molar-refractivity contribution in [1.82, 2.24) is 0 Å². The highest BCUT2D eigenvalue weighted by molar-refractivity contribution is 5.96. The minimum Gasteiger partial charge on any atom is -0.466 e. The van der Waals surface area contributed by atoms with Crippen molar-refractivity contribution in [2.24, 2.45) is 0 Å². The molecule has 0 aliphatic rings. The number of hydrogen-bond donors (Lipinski definition) is 0. The second-order valence-corrected chi connectivity index (χ2v) is 2.27. The molecule has 0 amide bonds. The molecule has 13 heavy (non-hydrogen) atoms. The Hall–Kier alpha value is -1.32. The van der Waals surface area contributed by atoms with E-state index in [1.165, 1.54) is 7.11 Å². The number of esters is 2. The van der Waals surface area contributed by atoms with E-state index < -0.39 is 11.9 Å². The summed E-state index contributed by atoms with van der Waals surface area (Å²) < 4.78 is 9.11. The quantitative estimate of drug-likeness (QED) is 0.486. The molecule has 0 radical (unpaired) electrons. The zero-order valence-corrected chi connectivity index (χ0v) is 8.12. The van der Waals surface area contributed by atoms with Gasteiger partial charge in [-0.2, -0.15) is 0 Å². The Bertz CT molecular complexity index is 218. The molecule has 74 valence electrons. The van der Waals surface area contributed by atoms with Crippen LogP contribution in [0.3, 0.4) is 0 Å². The fraction of sp³-hybridized carbons (Fsp3) is 0.556. The summed E-state index contributed by atoms with van der Waals surface area (Å²) in [6.07, 6.45) is 1.60. The first-order valence-electron chi connectivity index (χ1n) is 4.11.